The molecule has 1 aromatic carbocycles. The molecule has 3 nitrogen and oxygen atoms in total. The van der Waals surface area contributed by atoms with E-state index in [-0.39, 0.29) is 5.56 Å². The van der Waals surface area contributed by atoms with Crippen molar-refractivity contribution in [3.63, 3.8) is 0 Å². The molecule has 0 N–H and O–H groups in total. The average molecular weight is 267 g/mol. The molecule has 0 bridgehead atoms. The van der Waals surface area contributed by atoms with Crippen LogP contribution in [0.1, 0.15) is 13.3 Å². The van der Waals surface area contributed by atoms with E-state index in [1.807, 2.05) is 19.1 Å². The number of rotatable bonds is 2. The Morgan fingerprint density at radius 1 is 1.47 bits per heavy atom. The zero-order valence-corrected chi connectivity index (χ0v) is 9.99. The van der Waals surface area contributed by atoms with E-state index in [2.05, 4.69) is 20.9 Å². The lowest BCUT2D eigenvalue weighted by molar-refractivity contribution is 0.648. The number of nitrogens with zero attached hydrogens (tertiary/aromatic N) is 2. The van der Waals surface area contributed by atoms with E-state index in [1.165, 1.54) is 0 Å². The lowest BCUT2D eigenvalue weighted by Gasteiger charge is -2.04. The second-order valence-electron chi connectivity index (χ2n) is 3.40. The molecule has 4 heteroatoms. The summed E-state index contributed by atoms with van der Waals surface area (Å²) in [6, 6.07) is 5.52. The lowest BCUT2D eigenvalue weighted by Crippen LogP contribution is -2.20. The highest BCUT2D eigenvalue weighted by molar-refractivity contribution is 9.10. The zero-order chi connectivity index (χ0) is 10.8. The predicted octanol–water partition coefficient (Wildman–Crippen LogP) is 2.57. The number of hydrogen-bond acceptors (Lipinski definition) is 2. The van der Waals surface area contributed by atoms with Crippen LogP contribution in [0.4, 0.5) is 0 Å². The molecule has 0 amide bonds. The van der Waals surface area contributed by atoms with Crippen LogP contribution in [0.5, 0.6) is 0 Å². The Bertz CT molecular complexity index is 548. The van der Waals surface area contributed by atoms with Crippen molar-refractivity contribution in [1.82, 2.24) is 9.55 Å². The first-order chi connectivity index (χ1) is 7.22. The van der Waals surface area contributed by atoms with E-state index in [0.29, 0.717) is 5.39 Å². The second-order valence-corrected chi connectivity index (χ2v) is 4.32. The van der Waals surface area contributed by atoms with Crippen molar-refractivity contribution in [3.8, 4) is 0 Å². The zero-order valence-electron chi connectivity index (χ0n) is 8.40. The molecule has 78 valence electrons. The molecule has 0 saturated heterocycles. The van der Waals surface area contributed by atoms with Gasteiger partial charge in [0.25, 0.3) is 5.56 Å². The van der Waals surface area contributed by atoms with Crippen molar-refractivity contribution in [1.29, 1.82) is 0 Å². The minimum Gasteiger partial charge on any atom is -0.299 e. The number of aryl methyl sites for hydroxylation is 1. The molecule has 15 heavy (non-hydrogen) atoms. The van der Waals surface area contributed by atoms with E-state index >= 15 is 0 Å². The van der Waals surface area contributed by atoms with E-state index in [1.54, 1.807) is 17.0 Å². The topological polar surface area (TPSA) is 34.9 Å². The molecule has 1 aromatic heterocycles. The first-order valence-corrected chi connectivity index (χ1v) is 5.66. The van der Waals surface area contributed by atoms with Crippen LogP contribution in [-0.4, -0.2) is 9.55 Å². The predicted molar refractivity (Wildman–Crippen MR) is 64.0 cm³/mol. The van der Waals surface area contributed by atoms with Crippen LogP contribution >= 0.6 is 15.9 Å². The SMILES string of the molecule is CCCn1cnc2cc(Br)ccc2c1=O. The smallest absolute Gasteiger partial charge is 0.261 e. The van der Waals surface area contributed by atoms with Gasteiger partial charge in [-0.1, -0.05) is 22.9 Å². The van der Waals surface area contributed by atoms with Gasteiger partial charge >= 0.3 is 0 Å². The van der Waals surface area contributed by atoms with Gasteiger partial charge < -0.3 is 0 Å². The van der Waals surface area contributed by atoms with Crippen LogP contribution in [0.3, 0.4) is 0 Å². The first-order valence-electron chi connectivity index (χ1n) is 4.87. The van der Waals surface area contributed by atoms with Crippen LogP contribution < -0.4 is 5.56 Å². The third kappa shape index (κ3) is 1.95. The highest BCUT2D eigenvalue weighted by Crippen LogP contribution is 2.14. The van der Waals surface area contributed by atoms with Gasteiger partial charge in [0.15, 0.2) is 0 Å². The summed E-state index contributed by atoms with van der Waals surface area (Å²) in [5.41, 5.74) is 0.774. The number of fused-ring (bicyclic) bond motifs is 1. The largest absolute Gasteiger partial charge is 0.299 e. The summed E-state index contributed by atoms with van der Waals surface area (Å²) < 4.78 is 2.59. The number of aromatic nitrogens is 2. The molecule has 0 atom stereocenters. The van der Waals surface area contributed by atoms with Gasteiger partial charge in [0, 0.05) is 11.0 Å². The fourth-order valence-electron chi connectivity index (χ4n) is 1.53. The Morgan fingerprint density at radius 2 is 2.27 bits per heavy atom. The molecule has 0 fully saturated rings. The Labute approximate surface area is 95.9 Å². The van der Waals surface area contributed by atoms with Crippen molar-refractivity contribution in [2.24, 2.45) is 0 Å². The van der Waals surface area contributed by atoms with Gasteiger partial charge in [0.2, 0.25) is 0 Å². The molecule has 0 aliphatic heterocycles. The molecule has 0 saturated carbocycles. The van der Waals surface area contributed by atoms with Crippen molar-refractivity contribution >= 4 is 26.8 Å². The first kappa shape index (κ1) is 10.4. The Kier molecular flexibility index (Phi) is 2.86. The van der Waals surface area contributed by atoms with Crippen LogP contribution in [0.25, 0.3) is 10.9 Å². The van der Waals surface area contributed by atoms with Crippen LogP contribution in [0.2, 0.25) is 0 Å². The van der Waals surface area contributed by atoms with Gasteiger partial charge in [0.1, 0.15) is 0 Å². The molecule has 1 heterocycles. The fraction of sp³-hybridized carbons (Fsp3) is 0.273. The van der Waals surface area contributed by atoms with Crippen molar-refractivity contribution in [2.45, 2.75) is 19.9 Å². The minimum absolute atomic E-state index is 0.0364. The molecule has 0 spiro atoms. The summed E-state index contributed by atoms with van der Waals surface area (Å²) in [7, 11) is 0. The second kappa shape index (κ2) is 4.14. The Morgan fingerprint density at radius 3 is 3.00 bits per heavy atom. The minimum atomic E-state index is 0.0364. The van der Waals surface area contributed by atoms with E-state index < -0.39 is 0 Å². The Balaban J connectivity index is 2.69. The number of hydrogen-bond donors (Lipinski definition) is 0. The maximum absolute atomic E-state index is 11.9. The van der Waals surface area contributed by atoms with Crippen LogP contribution in [0, 0.1) is 0 Å². The molecule has 0 radical (unpaired) electrons. The van der Waals surface area contributed by atoms with Crippen molar-refractivity contribution in [3.05, 3.63) is 39.4 Å². The molecule has 2 aromatic rings. The maximum atomic E-state index is 11.9. The van der Waals surface area contributed by atoms with Gasteiger partial charge in [-0.05, 0) is 24.6 Å². The van der Waals surface area contributed by atoms with E-state index in [4.69, 9.17) is 0 Å². The standard InChI is InChI=1S/C11H11BrN2O/c1-2-5-14-7-13-10-6-8(12)3-4-9(10)11(14)15/h3-4,6-7H,2,5H2,1H3. The van der Waals surface area contributed by atoms with Gasteiger partial charge in [-0.25, -0.2) is 4.98 Å². The molecule has 0 aliphatic rings. The molecule has 0 unspecified atom stereocenters. The summed E-state index contributed by atoms with van der Waals surface area (Å²) in [4.78, 5) is 16.2. The third-order valence-corrected chi connectivity index (χ3v) is 2.75. The summed E-state index contributed by atoms with van der Waals surface area (Å²) in [5, 5.41) is 0.675. The van der Waals surface area contributed by atoms with Gasteiger partial charge in [-0.2, -0.15) is 0 Å². The van der Waals surface area contributed by atoms with E-state index in [9.17, 15) is 4.79 Å². The highest BCUT2D eigenvalue weighted by Gasteiger charge is 2.03. The molecular weight excluding hydrogens is 256 g/mol. The fourth-order valence-corrected chi connectivity index (χ4v) is 1.88. The summed E-state index contributed by atoms with van der Waals surface area (Å²) in [6.45, 7) is 2.76. The van der Waals surface area contributed by atoms with Gasteiger partial charge in [-0.15, -0.1) is 0 Å². The molecule has 2 rings (SSSR count). The van der Waals surface area contributed by atoms with Gasteiger partial charge in [0.05, 0.1) is 17.2 Å². The molecule has 0 aliphatic carbocycles. The van der Waals surface area contributed by atoms with Gasteiger partial charge in [-0.3, -0.25) is 9.36 Å². The quantitative estimate of drug-likeness (QED) is 0.838. The van der Waals surface area contributed by atoms with Crippen LogP contribution in [-0.2, 0) is 6.54 Å². The Hall–Kier alpha value is -1.16. The monoisotopic (exact) mass is 266 g/mol. The average Bonchev–Trinajstić information content (AvgIpc) is 2.22. The summed E-state index contributed by atoms with van der Waals surface area (Å²) >= 11 is 3.36. The third-order valence-electron chi connectivity index (χ3n) is 2.25. The van der Waals surface area contributed by atoms with Crippen molar-refractivity contribution in [2.75, 3.05) is 0 Å². The van der Waals surface area contributed by atoms with Crippen molar-refractivity contribution < 1.29 is 0 Å². The number of halogens is 1. The van der Waals surface area contributed by atoms with E-state index in [0.717, 1.165) is 23.0 Å². The normalized spacial score (nSPS) is 10.8. The summed E-state index contributed by atoms with van der Waals surface area (Å²) in [5.74, 6) is 0. The highest BCUT2D eigenvalue weighted by atomic mass is 79.9. The number of benzene rings is 1. The van der Waals surface area contributed by atoms with Crippen LogP contribution in [0.15, 0.2) is 33.8 Å². The molecular formula is C11H11BrN2O. The lowest BCUT2D eigenvalue weighted by atomic mass is 10.2. The maximum Gasteiger partial charge on any atom is 0.261 e. The summed E-state index contributed by atoms with van der Waals surface area (Å²) in [6.07, 6.45) is 2.55.